The zero-order chi connectivity index (χ0) is 11.8. The molecule has 96 valence electrons. The molecule has 3 unspecified atom stereocenters. The number of hydrogen-bond acceptors (Lipinski definition) is 3. The van der Waals surface area contributed by atoms with Crippen molar-refractivity contribution in [3.05, 3.63) is 0 Å². The monoisotopic (exact) mass is 294 g/mol. The van der Waals surface area contributed by atoms with Crippen LogP contribution in [0.2, 0.25) is 0 Å². The molecule has 0 N–H and O–H groups in total. The maximum Gasteiger partial charge on any atom is 0.0962 e. The third-order valence-electron chi connectivity index (χ3n) is 2.60. The van der Waals surface area contributed by atoms with Crippen molar-refractivity contribution >= 4 is 15.9 Å². The van der Waals surface area contributed by atoms with Gasteiger partial charge in [-0.25, -0.2) is 0 Å². The van der Waals surface area contributed by atoms with Gasteiger partial charge in [0.2, 0.25) is 0 Å². The molecule has 1 fully saturated rings. The molecule has 0 spiro atoms. The Morgan fingerprint density at radius 2 is 1.75 bits per heavy atom. The molecule has 3 atom stereocenters. The second-order valence-electron chi connectivity index (χ2n) is 4.11. The highest BCUT2D eigenvalue weighted by molar-refractivity contribution is 9.09. The quantitative estimate of drug-likeness (QED) is 0.483. The normalized spacial score (nSPS) is 29.1. The summed E-state index contributed by atoms with van der Waals surface area (Å²) in [6.45, 7) is 7.24. The Labute approximate surface area is 107 Å². The lowest BCUT2D eigenvalue weighted by Gasteiger charge is -2.40. The molecule has 0 aromatic rings. The van der Waals surface area contributed by atoms with Crippen molar-refractivity contribution in [2.24, 2.45) is 0 Å². The van der Waals surface area contributed by atoms with Gasteiger partial charge in [-0.3, -0.25) is 0 Å². The summed E-state index contributed by atoms with van der Waals surface area (Å²) in [6, 6.07) is 0. The van der Waals surface area contributed by atoms with Crippen LogP contribution in [0, 0.1) is 0 Å². The minimum absolute atomic E-state index is 0.228. The minimum Gasteiger partial charge on any atom is -0.379 e. The van der Waals surface area contributed by atoms with Gasteiger partial charge in [-0.05, 0) is 19.3 Å². The van der Waals surface area contributed by atoms with Crippen molar-refractivity contribution in [1.82, 2.24) is 0 Å². The fourth-order valence-corrected chi connectivity index (χ4v) is 2.52. The highest BCUT2D eigenvalue weighted by Gasteiger charge is 2.41. The Balaban J connectivity index is 2.03. The average molecular weight is 295 g/mol. The molecule has 0 bridgehead atoms. The van der Waals surface area contributed by atoms with Gasteiger partial charge >= 0.3 is 0 Å². The van der Waals surface area contributed by atoms with E-state index in [-0.39, 0.29) is 12.2 Å². The molecule has 0 aromatic carbocycles. The van der Waals surface area contributed by atoms with E-state index in [0.717, 1.165) is 32.5 Å². The van der Waals surface area contributed by atoms with E-state index in [4.69, 9.17) is 14.2 Å². The third-order valence-corrected chi connectivity index (χ3v) is 3.50. The van der Waals surface area contributed by atoms with Gasteiger partial charge in [0.15, 0.2) is 0 Å². The fourth-order valence-electron chi connectivity index (χ4n) is 1.66. The van der Waals surface area contributed by atoms with Gasteiger partial charge in [-0.1, -0.05) is 29.8 Å². The molecular formula is C12H23BrO3. The van der Waals surface area contributed by atoms with Gasteiger partial charge in [0, 0.05) is 18.0 Å². The topological polar surface area (TPSA) is 27.7 Å². The Morgan fingerprint density at radius 3 is 2.38 bits per heavy atom. The van der Waals surface area contributed by atoms with E-state index < -0.39 is 0 Å². The van der Waals surface area contributed by atoms with Crippen LogP contribution >= 0.6 is 15.9 Å². The zero-order valence-corrected chi connectivity index (χ0v) is 11.9. The molecule has 1 saturated carbocycles. The van der Waals surface area contributed by atoms with E-state index in [1.54, 1.807) is 0 Å². The summed E-state index contributed by atoms with van der Waals surface area (Å²) in [5, 5.41) is 0. The lowest BCUT2D eigenvalue weighted by atomic mass is 9.91. The summed E-state index contributed by atoms with van der Waals surface area (Å²) in [6.07, 6.45) is 3.65. The van der Waals surface area contributed by atoms with Gasteiger partial charge in [0.05, 0.1) is 25.4 Å². The average Bonchev–Trinajstić information content (AvgIpc) is 2.27. The molecule has 1 aliphatic rings. The molecule has 0 aliphatic heterocycles. The van der Waals surface area contributed by atoms with Crippen LogP contribution in [0.4, 0.5) is 0 Å². The Bertz CT molecular complexity index is 178. The maximum atomic E-state index is 5.72. The van der Waals surface area contributed by atoms with Crippen LogP contribution in [0.1, 0.15) is 33.1 Å². The maximum absolute atomic E-state index is 5.72. The third kappa shape index (κ3) is 4.70. The van der Waals surface area contributed by atoms with Crippen molar-refractivity contribution in [3.63, 3.8) is 0 Å². The van der Waals surface area contributed by atoms with Crippen LogP contribution in [0.3, 0.4) is 0 Å². The zero-order valence-electron chi connectivity index (χ0n) is 10.3. The molecule has 0 amide bonds. The molecule has 1 aliphatic carbocycles. The molecule has 0 radical (unpaired) electrons. The predicted molar refractivity (Wildman–Crippen MR) is 68.2 cm³/mol. The van der Waals surface area contributed by atoms with Gasteiger partial charge in [0.1, 0.15) is 0 Å². The number of alkyl halides is 1. The molecule has 1 rings (SSSR count). The highest BCUT2D eigenvalue weighted by atomic mass is 79.9. The molecule has 0 heterocycles. The molecule has 4 heteroatoms. The number of rotatable bonds is 9. The summed E-state index contributed by atoms with van der Waals surface area (Å²) >= 11 is 3.59. The fraction of sp³-hybridized carbons (Fsp3) is 1.00. The highest BCUT2D eigenvalue weighted by Crippen LogP contribution is 2.33. The van der Waals surface area contributed by atoms with Crippen LogP contribution in [-0.2, 0) is 14.2 Å². The van der Waals surface area contributed by atoms with Crippen molar-refractivity contribution in [3.8, 4) is 0 Å². The van der Waals surface area contributed by atoms with E-state index in [1.165, 1.54) is 0 Å². The summed E-state index contributed by atoms with van der Waals surface area (Å²) in [4.78, 5) is 0.459. The van der Waals surface area contributed by atoms with E-state index in [1.807, 2.05) is 0 Å². The van der Waals surface area contributed by atoms with Crippen LogP contribution < -0.4 is 0 Å². The number of ether oxygens (including phenoxy) is 3. The van der Waals surface area contributed by atoms with Gasteiger partial charge in [0.25, 0.3) is 0 Å². The lowest BCUT2D eigenvalue weighted by Crippen LogP contribution is -2.51. The first-order valence-corrected chi connectivity index (χ1v) is 7.16. The van der Waals surface area contributed by atoms with Crippen LogP contribution in [0.5, 0.6) is 0 Å². The lowest BCUT2D eigenvalue weighted by molar-refractivity contribution is -0.128. The van der Waals surface area contributed by atoms with Crippen molar-refractivity contribution in [1.29, 1.82) is 0 Å². The van der Waals surface area contributed by atoms with Crippen molar-refractivity contribution in [2.75, 3.05) is 26.4 Å². The largest absolute Gasteiger partial charge is 0.379 e. The van der Waals surface area contributed by atoms with Crippen LogP contribution in [0.25, 0.3) is 0 Å². The number of halogens is 1. The Kier molecular flexibility index (Phi) is 7.62. The summed E-state index contributed by atoms with van der Waals surface area (Å²) in [7, 11) is 0. The smallest absolute Gasteiger partial charge is 0.0962 e. The first kappa shape index (κ1) is 14.4. The molecule has 3 nitrogen and oxygen atoms in total. The first-order chi connectivity index (χ1) is 7.79. The Hall–Kier alpha value is 0.360. The molecular weight excluding hydrogens is 272 g/mol. The van der Waals surface area contributed by atoms with Gasteiger partial charge in [-0.15, -0.1) is 0 Å². The predicted octanol–water partition coefficient (Wildman–Crippen LogP) is 2.76. The molecule has 0 aromatic heterocycles. The molecule has 0 saturated heterocycles. The van der Waals surface area contributed by atoms with E-state index in [2.05, 4.69) is 29.8 Å². The summed E-state index contributed by atoms with van der Waals surface area (Å²) in [5.41, 5.74) is 0. The van der Waals surface area contributed by atoms with Gasteiger partial charge in [-0.2, -0.15) is 0 Å². The minimum atomic E-state index is 0.228. The SMILES string of the molecule is CCCOCCOC1CC(Br)C1OCCC. The van der Waals surface area contributed by atoms with E-state index >= 15 is 0 Å². The van der Waals surface area contributed by atoms with Gasteiger partial charge < -0.3 is 14.2 Å². The van der Waals surface area contributed by atoms with E-state index in [0.29, 0.717) is 18.0 Å². The van der Waals surface area contributed by atoms with Crippen LogP contribution in [0.15, 0.2) is 0 Å². The first-order valence-electron chi connectivity index (χ1n) is 6.24. The van der Waals surface area contributed by atoms with Crippen molar-refractivity contribution in [2.45, 2.75) is 50.1 Å². The Morgan fingerprint density at radius 1 is 1.00 bits per heavy atom. The van der Waals surface area contributed by atoms with Crippen LogP contribution in [-0.4, -0.2) is 43.5 Å². The van der Waals surface area contributed by atoms with E-state index in [9.17, 15) is 0 Å². The summed E-state index contributed by atoms with van der Waals surface area (Å²) < 4.78 is 16.8. The number of hydrogen-bond donors (Lipinski definition) is 0. The van der Waals surface area contributed by atoms with Crippen molar-refractivity contribution < 1.29 is 14.2 Å². The molecule has 16 heavy (non-hydrogen) atoms. The second-order valence-corrected chi connectivity index (χ2v) is 5.28. The summed E-state index contributed by atoms with van der Waals surface area (Å²) in [5.74, 6) is 0. The second kappa shape index (κ2) is 8.45. The standard InChI is InChI=1S/C12H23BrO3/c1-3-5-14-7-8-15-11-9-10(13)12(11)16-6-4-2/h10-12H,3-9H2,1-2H3.